The number of para-hydroxylation sites is 1. The van der Waals surface area contributed by atoms with E-state index in [1.165, 1.54) is 6.07 Å². The first-order valence-electron chi connectivity index (χ1n) is 6.76. The smallest absolute Gasteiger partial charge is 0.224 e. The van der Waals surface area contributed by atoms with Gasteiger partial charge in [0.05, 0.1) is 10.6 Å². The molecule has 2 rings (SSSR count). The minimum Gasteiger partial charge on any atom is -0.325 e. The molecule has 0 spiro atoms. The lowest BCUT2D eigenvalue weighted by molar-refractivity contribution is -0.117. The number of amides is 1. The monoisotopic (exact) mass is 296 g/mol. The third-order valence-corrected chi connectivity index (χ3v) is 4.59. The van der Waals surface area contributed by atoms with Crippen molar-refractivity contribution in [3.63, 3.8) is 0 Å². The van der Waals surface area contributed by atoms with Crippen molar-refractivity contribution in [1.29, 1.82) is 0 Å². The van der Waals surface area contributed by atoms with Gasteiger partial charge in [0, 0.05) is 12.7 Å². The number of hydrogen-bond donors (Lipinski definition) is 2. The Morgan fingerprint density at radius 2 is 2.15 bits per heavy atom. The Hall–Kier alpha value is -1.40. The molecule has 0 aromatic heterocycles. The van der Waals surface area contributed by atoms with E-state index in [1.54, 1.807) is 18.2 Å². The Labute approximate surface area is 119 Å². The number of anilines is 1. The molecule has 1 fully saturated rings. The Kier molecular flexibility index (Phi) is 4.77. The number of benzene rings is 1. The van der Waals surface area contributed by atoms with Gasteiger partial charge in [-0.1, -0.05) is 12.1 Å². The summed E-state index contributed by atoms with van der Waals surface area (Å²) in [4.78, 5) is 12.2. The highest BCUT2D eigenvalue weighted by Gasteiger charge is 2.19. The Bertz CT molecular complexity index is 578. The fourth-order valence-electron chi connectivity index (χ4n) is 2.45. The molecular weight excluding hydrogens is 276 g/mol. The van der Waals surface area contributed by atoms with E-state index in [4.69, 9.17) is 0 Å². The predicted molar refractivity (Wildman–Crippen MR) is 78.4 cm³/mol. The Morgan fingerprint density at radius 3 is 2.80 bits per heavy atom. The van der Waals surface area contributed by atoms with Gasteiger partial charge in [-0.15, -0.1) is 0 Å². The summed E-state index contributed by atoms with van der Waals surface area (Å²) in [6.07, 6.45) is 3.68. The number of piperidine rings is 1. The van der Waals surface area contributed by atoms with Crippen molar-refractivity contribution in [2.75, 3.05) is 24.7 Å². The first kappa shape index (κ1) is 15.0. The summed E-state index contributed by atoms with van der Waals surface area (Å²) in [5.41, 5.74) is 0.365. The third-order valence-electron chi connectivity index (χ3n) is 3.43. The van der Waals surface area contributed by atoms with Gasteiger partial charge in [-0.05, 0) is 44.0 Å². The zero-order valence-electron chi connectivity index (χ0n) is 11.6. The van der Waals surface area contributed by atoms with Crippen LogP contribution in [0.3, 0.4) is 0 Å². The summed E-state index contributed by atoms with van der Waals surface area (Å²) in [5.74, 6) is 0.198. The zero-order chi connectivity index (χ0) is 14.6. The van der Waals surface area contributed by atoms with Crippen molar-refractivity contribution in [2.24, 2.45) is 5.92 Å². The van der Waals surface area contributed by atoms with Crippen molar-refractivity contribution in [3.05, 3.63) is 24.3 Å². The maximum absolute atomic E-state index is 12.0. The van der Waals surface area contributed by atoms with Crippen LogP contribution < -0.4 is 10.6 Å². The zero-order valence-corrected chi connectivity index (χ0v) is 12.4. The standard InChI is InChI=1S/C14H20N2O3S/c1-20(18,19)13-7-3-2-6-12(13)16-14(17)9-11-5-4-8-15-10-11/h2-3,6-7,11,15H,4-5,8-10H2,1H3,(H,16,17). The minimum atomic E-state index is -3.34. The maximum Gasteiger partial charge on any atom is 0.224 e. The van der Waals surface area contributed by atoms with Crippen molar-refractivity contribution < 1.29 is 13.2 Å². The summed E-state index contributed by atoms with van der Waals surface area (Å²) in [7, 11) is -3.34. The van der Waals surface area contributed by atoms with Gasteiger partial charge in [-0.3, -0.25) is 4.79 Å². The van der Waals surface area contributed by atoms with Crippen LogP contribution in [0, 0.1) is 5.92 Å². The molecule has 1 atom stereocenters. The third kappa shape index (κ3) is 4.05. The molecule has 0 bridgehead atoms. The van der Waals surface area contributed by atoms with Crippen LogP contribution in [-0.2, 0) is 14.6 Å². The predicted octanol–water partition coefficient (Wildman–Crippen LogP) is 1.42. The molecule has 1 unspecified atom stereocenters. The SMILES string of the molecule is CS(=O)(=O)c1ccccc1NC(=O)CC1CCCNC1. The van der Waals surface area contributed by atoms with Gasteiger partial charge < -0.3 is 10.6 Å². The Morgan fingerprint density at radius 1 is 1.40 bits per heavy atom. The average Bonchev–Trinajstić information content (AvgIpc) is 2.39. The number of nitrogens with one attached hydrogen (secondary N) is 2. The van der Waals surface area contributed by atoms with Crippen LogP contribution in [0.4, 0.5) is 5.69 Å². The van der Waals surface area contributed by atoms with Gasteiger partial charge in [-0.25, -0.2) is 8.42 Å². The van der Waals surface area contributed by atoms with E-state index in [2.05, 4.69) is 10.6 Å². The topological polar surface area (TPSA) is 75.3 Å². The summed E-state index contributed by atoms with van der Waals surface area (Å²) >= 11 is 0. The maximum atomic E-state index is 12.0. The molecule has 1 aromatic rings. The molecule has 1 heterocycles. The van der Waals surface area contributed by atoms with Crippen LogP contribution in [-0.4, -0.2) is 33.7 Å². The second kappa shape index (κ2) is 6.37. The van der Waals surface area contributed by atoms with Gasteiger partial charge in [0.2, 0.25) is 5.91 Å². The molecule has 1 amide bonds. The first-order valence-corrected chi connectivity index (χ1v) is 8.65. The Balaban J connectivity index is 2.04. The summed E-state index contributed by atoms with van der Waals surface area (Å²) < 4.78 is 23.3. The van der Waals surface area contributed by atoms with Crippen molar-refractivity contribution in [1.82, 2.24) is 5.32 Å². The average molecular weight is 296 g/mol. The second-order valence-electron chi connectivity index (χ2n) is 5.23. The van der Waals surface area contributed by atoms with E-state index >= 15 is 0 Å². The fourth-order valence-corrected chi connectivity index (χ4v) is 3.30. The highest BCUT2D eigenvalue weighted by molar-refractivity contribution is 7.90. The van der Waals surface area contributed by atoms with Gasteiger partial charge in [-0.2, -0.15) is 0 Å². The van der Waals surface area contributed by atoms with Crippen LogP contribution in [0.25, 0.3) is 0 Å². The number of carbonyl (C=O) groups excluding carboxylic acids is 1. The van der Waals surface area contributed by atoms with Gasteiger partial charge in [0.25, 0.3) is 0 Å². The number of hydrogen-bond acceptors (Lipinski definition) is 4. The highest BCUT2D eigenvalue weighted by atomic mass is 32.2. The summed E-state index contributed by atoms with van der Waals surface area (Å²) in [5, 5.41) is 5.98. The molecule has 1 aromatic carbocycles. The first-order chi connectivity index (χ1) is 9.47. The molecule has 0 saturated carbocycles. The van der Waals surface area contributed by atoms with E-state index in [-0.39, 0.29) is 10.8 Å². The molecule has 5 nitrogen and oxygen atoms in total. The van der Waals surface area contributed by atoms with Crippen molar-refractivity contribution in [3.8, 4) is 0 Å². The minimum absolute atomic E-state index is 0.130. The quantitative estimate of drug-likeness (QED) is 0.881. The van der Waals surface area contributed by atoms with Crippen LogP contribution >= 0.6 is 0 Å². The second-order valence-corrected chi connectivity index (χ2v) is 7.22. The lowest BCUT2D eigenvalue weighted by Crippen LogP contribution is -2.32. The number of sulfone groups is 1. The largest absolute Gasteiger partial charge is 0.325 e. The molecule has 0 radical (unpaired) electrons. The molecule has 2 N–H and O–H groups in total. The van der Waals surface area contributed by atoms with E-state index in [0.717, 1.165) is 32.2 Å². The van der Waals surface area contributed by atoms with Gasteiger partial charge in [0.15, 0.2) is 9.84 Å². The fraction of sp³-hybridized carbons (Fsp3) is 0.500. The lowest BCUT2D eigenvalue weighted by atomic mass is 9.96. The molecule has 20 heavy (non-hydrogen) atoms. The molecular formula is C14H20N2O3S. The summed E-state index contributed by atoms with van der Waals surface area (Å²) in [6, 6.07) is 6.49. The van der Waals surface area contributed by atoms with Crippen LogP contribution in [0.15, 0.2) is 29.2 Å². The lowest BCUT2D eigenvalue weighted by Gasteiger charge is -2.22. The normalized spacial score (nSPS) is 19.6. The highest BCUT2D eigenvalue weighted by Crippen LogP contribution is 2.22. The van der Waals surface area contributed by atoms with Crippen molar-refractivity contribution >= 4 is 21.4 Å². The molecule has 0 aliphatic carbocycles. The van der Waals surface area contributed by atoms with E-state index in [1.807, 2.05) is 0 Å². The van der Waals surface area contributed by atoms with Crippen molar-refractivity contribution in [2.45, 2.75) is 24.2 Å². The van der Waals surface area contributed by atoms with Gasteiger partial charge in [0.1, 0.15) is 0 Å². The van der Waals surface area contributed by atoms with Gasteiger partial charge >= 0.3 is 0 Å². The molecule has 1 aliphatic heterocycles. The molecule has 1 aliphatic rings. The molecule has 1 saturated heterocycles. The van der Waals surface area contributed by atoms with Crippen LogP contribution in [0.2, 0.25) is 0 Å². The van der Waals surface area contributed by atoms with Crippen LogP contribution in [0.1, 0.15) is 19.3 Å². The van der Waals surface area contributed by atoms with E-state index in [0.29, 0.717) is 18.0 Å². The molecule has 6 heteroatoms. The molecule has 110 valence electrons. The number of rotatable bonds is 4. The van der Waals surface area contributed by atoms with E-state index in [9.17, 15) is 13.2 Å². The van der Waals surface area contributed by atoms with E-state index < -0.39 is 9.84 Å². The summed E-state index contributed by atoms with van der Waals surface area (Å²) in [6.45, 7) is 1.86. The number of carbonyl (C=O) groups is 1. The van der Waals surface area contributed by atoms with Crippen LogP contribution in [0.5, 0.6) is 0 Å².